The zero-order chi connectivity index (χ0) is 9.84. The minimum absolute atomic E-state index is 0.350. The molecule has 1 rings (SSSR count). The number of hydrogen-bond donors (Lipinski definition) is 2. The average Bonchev–Trinajstić information content (AvgIpc) is 2.04. The van der Waals surface area contributed by atoms with Gasteiger partial charge in [-0.25, -0.2) is 9.59 Å². The summed E-state index contributed by atoms with van der Waals surface area (Å²) in [4.78, 5) is 22.5. The molecule has 0 radical (unpaired) electrons. The molecular weight excluding hydrogens is 178 g/mol. The maximum Gasteiger partial charge on any atom is 0.332 e. The molecular formula is C7H11NO5. The molecule has 0 spiro atoms. The monoisotopic (exact) mass is 189 g/mol. The SMILES string of the molecule is O=C(O)C(C(=O)O)N1CCOCC1. The lowest BCUT2D eigenvalue weighted by Crippen LogP contribution is -2.51. The lowest BCUT2D eigenvalue weighted by Gasteiger charge is -2.29. The predicted octanol–water partition coefficient (Wildman–Crippen LogP) is -1.14. The van der Waals surface area contributed by atoms with Gasteiger partial charge >= 0.3 is 11.9 Å². The molecule has 0 aliphatic carbocycles. The normalized spacial score (nSPS) is 18.8. The van der Waals surface area contributed by atoms with Gasteiger partial charge in [0.15, 0.2) is 0 Å². The Bertz CT molecular complexity index is 197. The number of hydrogen-bond acceptors (Lipinski definition) is 4. The summed E-state index contributed by atoms with van der Waals surface area (Å²) in [5.74, 6) is -2.65. The summed E-state index contributed by atoms with van der Waals surface area (Å²) in [6, 6.07) is -1.44. The molecule has 0 amide bonds. The van der Waals surface area contributed by atoms with E-state index in [1.54, 1.807) is 0 Å². The highest BCUT2D eigenvalue weighted by Gasteiger charge is 2.33. The van der Waals surface area contributed by atoms with Crippen LogP contribution in [0.5, 0.6) is 0 Å². The number of carboxylic acids is 2. The summed E-state index contributed by atoms with van der Waals surface area (Å²) >= 11 is 0. The molecule has 2 N–H and O–H groups in total. The average molecular weight is 189 g/mol. The van der Waals surface area contributed by atoms with Crippen molar-refractivity contribution < 1.29 is 24.5 Å². The van der Waals surface area contributed by atoms with E-state index >= 15 is 0 Å². The summed E-state index contributed by atoms with van der Waals surface area (Å²) in [6.07, 6.45) is 0. The molecule has 1 fully saturated rings. The second-order valence-electron chi connectivity index (χ2n) is 2.73. The van der Waals surface area contributed by atoms with Gasteiger partial charge in [-0.05, 0) is 0 Å². The van der Waals surface area contributed by atoms with Gasteiger partial charge < -0.3 is 14.9 Å². The highest BCUT2D eigenvalue weighted by molar-refractivity contribution is 5.97. The Labute approximate surface area is 74.7 Å². The van der Waals surface area contributed by atoms with Gasteiger partial charge in [0.05, 0.1) is 13.2 Å². The van der Waals surface area contributed by atoms with E-state index in [-0.39, 0.29) is 0 Å². The zero-order valence-corrected chi connectivity index (χ0v) is 6.97. The van der Waals surface area contributed by atoms with Gasteiger partial charge in [0.1, 0.15) is 0 Å². The van der Waals surface area contributed by atoms with Crippen LogP contribution in [0.15, 0.2) is 0 Å². The molecule has 1 aliphatic rings. The van der Waals surface area contributed by atoms with E-state index in [0.717, 1.165) is 0 Å². The van der Waals surface area contributed by atoms with Gasteiger partial charge in [-0.3, -0.25) is 4.90 Å². The van der Waals surface area contributed by atoms with E-state index in [1.165, 1.54) is 4.90 Å². The van der Waals surface area contributed by atoms with Crippen molar-refractivity contribution in [1.29, 1.82) is 0 Å². The zero-order valence-electron chi connectivity index (χ0n) is 6.97. The Morgan fingerprint density at radius 1 is 1.15 bits per heavy atom. The fourth-order valence-electron chi connectivity index (χ4n) is 1.25. The number of morpholine rings is 1. The van der Waals surface area contributed by atoms with Gasteiger partial charge in [0, 0.05) is 13.1 Å². The standard InChI is InChI=1S/C7H11NO5/c9-6(10)5(7(11)12)8-1-3-13-4-2-8/h5H,1-4H2,(H,9,10)(H,11,12). The molecule has 0 aromatic heterocycles. The van der Waals surface area contributed by atoms with Crippen molar-refractivity contribution in [1.82, 2.24) is 4.90 Å². The Morgan fingerprint density at radius 2 is 1.62 bits per heavy atom. The fraction of sp³-hybridized carbons (Fsp3) is 0.714. The van der Waals surface area contributed by atoms with E-state index in [9.17, 15) is 9.59 Å². The molecule has 0 aromatic rings. The minimum atomic E-state index is -1.44. The molecule has 74 valence electrons. The van der Waals surface area contributed by atoms with Crippen LogP contribution in [-0.2, 0) is 14.3 Å². The molecule has 1 aliphatic heterocycles. The number of aliphatic carboxylic acids is 2. The number of ether oxygens (including phenoxy) is 1. The van der Waals surface area contributed by atoms with E-state index in [1.807, 2.05) is 0 Å². The first-order chi connectivity index (χ1) is 6.13. The maximum atomic E-state index is 10.6. The van der Waals surface area contributed by atoms with Crippen LogP contribution in [0.4, 0.5) is 0 Å². The van der Waals surface area contributed by atoms with Crippen molar-refractivity contribution in [2.45, 2.75) is 6.04 Å². The molecule has 0 aromatic carbocycles. The highest BCUT2D eigenvalue weighted by Crippen LogP contribution is 2.04. The van der Waals surface area contributed by atoms with E-state index in [0.29, 0.717) is 26.3 Å². The van der Waals surface area contributed by atoms with E-state index in [2.05, 4.69) is 0 Å². The summed E-state index contributed by atoms with van der Waals surface area (Å²) in [5, 5.41) is 17.3. The summed E-state index contributed by atoms with van der Waals surface area (Å²) in [5.41, 5.74) is 0. The van der Waals surface area contributed by atoms with Crippen molar-refractivity contribution in [3.8, 4) is 0 Å². The molecule has 0 unspecified atom stereocenters. The maximum absolute atomic E-state index is 10.6. The minimum Gasteiger partial charge on any atom is -0.480 e. The topological polar surface area (TPSA) is 87.1 Å². The first kappa shape index (κ1) is 9.94. The van der Waals surface area contributed by atoms with Gasteiger partial charge in [0.25, 0.3) is 0 Å². The second kappa shape index (κ2) is 4.20. The van der Waals surface area contributed by atoms with E-state index < -0.39 is 18.0 Å². The van der Waals surface area contributed by atoms with Gasteiger partial charge in [-0.2, -0.15) is 0 Å². The third-order valence-corrected chi connectivity index (χ3v) is 1.88. The lowest BCUT2D eigenvalue weighted by atomic mass is 10.2. The first-order valence-corrected chi connectivity index (χ1v) is 3.90. The van der Waals surface area contributed by atoms with Crippen molar-refractivity contribution >= 4 is 11.9 Å². The Hall–Kier alpha value is -1.14. The Kier molecular flexibility index (Phi) is 3.21. The lowest BCUT2D eigenvalue weighted by molar-refractivity contribution is -0.158. The molecule has 13 heavy (non-hydrogen) atoms. The van der Waals surface area contributed by atoms with Crippen LogP contribution < -0.4 is 0 Å². The van der Waals surface area contributed by atoms with Crippen LogP contribution in [0.25, 0.3) is 0 Å². The van der Waals surface area contributed by atoms with Crippen LogP contribution in [0.2, 0.25) is 0 Å². The Morgan fingerprint density at radius 3 is 2.00 bits per heavy atom. The summed E-state index contributed by atoms with van der Waals surface area (Å²) in [6.45, 7) is 1.47. The van der Waals surface area contributed by atoms with Gasteiger partial charge in [-0.1, -0.05) is 0 Å². The third kappa shape index (κ3) is 2.40. The van der Waals surface area contributed by atoms with Crippen LogP contribution in [0.1, 0.15) is 0 Å². The van der Waals surface area contributed by atoms with Crippen molar-refractivity contribution in [3.05, 3.63) is 0 Å². The van der Waals surface area contributed by atoms with Crippen LogP contribution in [0, 0.1) is 0 Å². The van der Waals surface area contributed by atoms with E-state index in [4.69, 9.17) is 14.9 Å². The highest BCUT2D eigenvalue weighted by atomic mass is 16.5. The molecule has 0 atom stereocenters. The molecule has 1 saturated heterocycles. The number of carbonyl (C=O) groups is 2. The fourth-order valence-corrected chi connectivity index (χ4v) is 1.25. The van der Waals surface area contributed by atoms with Crippen LogP contribution in [0.3, 0.4) is 0 Å². The van der Waals surface area contributed by atoms with Crippen molar-refractivity contribution in [2.24, 2.45) is 0 Å². The molecule has 6 heteroatoms. The first-order valence-electron chi connectivity index (χ1n) is 3.90. The smallest absolute Gasteiger partial charge is 0.332 e. The largest absolute Gasteiger partial charge is 0.480 e. The summed E-state index contributed by atoms with van der Waals surface area (Å²) < 4.78 is 4.98. The molecule has 0 bridgehead atoms. The van der Waals surface area contributed by atoms with Crippen molar-refractivity contribution in [3.63, 3.8) is 0 Å². The number of carboxylic acid groups (broad SMARTS) is 2. The number of rotatable bonds is 3. The summed E-state index contributed by atoms with van der Waals surface area (Å²) in [7, 11) is 0. The molecule has 0 saturated carbocycles. The van der Waals surface area contributed by atoms with Crippen LogP contribution in [-0.4, -0.2) is 59.4 Å². The third-order valence-electron chi connectivity index (χ3n) is 1.88. The molecule has 6 nitrogen and oxygen atoms in total. The van der Waals surface area contributed by atoms with Gasteiger partial charge in [-0.15, -0.1) is 0 Å². The second-order valence-corrected chi connectivity index (χ2v) is 2.73. The quantitative estimate of drug-likeness (QED) is 0.545. The van der Waals surface area contributed by atoms with Gasteiger partial charge in [0.2, 0.25) is 6.04 Å². The Balaban J connectivity index is 2.62. The van der Waals surface area contributed by atoms with Crippen LogP contribution >= 0.6 is 0 Å². The predicted molar refractivity (Wildman–Crippen MR) is 41.5 cm³/mol. The molecule has 1 heterocycles. The number of nitrogens with zero attached hydrogens (tertiary/aromatic N) is 1. The van der Waals surface area contributed by atoms with Crippen molar-refractivity contribution in [2.75, 3.05) is 26.3 Å².